The SMILES string of the molecule is C#C.N#CNC(N)=Nc1ccc2oncc2c1.O=C(CN1CCCCCC1=O)N1CCCC1. The lowest BCUT2D eigenvalue weighted by molar-refractivity contribution is -0.139. The van der Waals surface area contributed by atoms with E-state index in [0.717, 1.165) is 57.1 Å². The molecule has 0 bridgehead atoms. The number of carbonyl (C=O) groups excluding carboxylic acids is 2. The van der Waals surface area contributed by atoms with Gasteiger partial charge in [-0.05, 0) is 43.9 Å². The second-order valence-electron chi connectivity index (χ2n) is 7.50. The highest BCUT2D eigenvalue weighted by Crippen LogP contribution is 2.20. The zero-order chi connectivity index (χ0) is 24.1. The second-order valence-corrected chi connectivity index (χ2v) is 7.50. The number of benzene rings is 1. The Bertz CT molecular complexity index is 1020. The Hall–Kier alpha value is -4.05. The maximum atomic E-state index is 11.9. The average Bonchev–Trinajstić information content (AvgIpc) is 3.48. The Kier molecular flexibility index (Phi) is 10.2. The maximum Gasteiger partial charge on any atom is 0.242 e. The third kappa shape index (κ3) is 7.86. The molecule has 0 unspecified atom stereocenters. The number of aliphatic imine (C=N–C) groups is 1. The van der Waals surface area contributed by atoms with Crippen LogP contribution in [-0.4, -0.2) is 58.9 Å². The fourth-order valence-electron chi connectivity index (χ4n) is 3.59. The fraction of sp³-hybridized carbons (Fsp3) is 0.435. The minimum atomic E-state index is 0.0494. The zero-order valence-corrected chi connectivity index (χ0v) is 18.6. The number of nitrogens with two attached hydrogens (primary N) is 1. The van der Waals surface area contributed by atoms with Crippen molar-refractivity contribution < 1.29 is 14.1 Å². The van der Waals surface area contributed by atoms with Crippen LogP contribution in [0.1, 0.15) is 38.5 Å². The van der Waals surface area contributed by atoms with Gasteiger partial charge in [0.15, 0.2) is 11.8 Å². The third-order valence-electron chi connectivity index (χ3n) is 5.23. The first-order chi connectivity index (χ1) is 16.1. The molecule has 10 nitrogen and oxygen atoms in total. The van der Waals surface area contributed by atoms with Gasteiger partial charge in [-0.1, -0.05) is 11.6 Å². The fourth-order valence-corrected chi connectivity index (χ4v) is 3.59. The highest BCUT2D eigenvalue weighted by Gasteiger charge is 2.23. The molecule has 2 aliphatic heterocycles. The molecule has 2 amide bonds. The Morgan fingerprint density at radius 1 is 1.21 bits per heavy atom. The van der Waals surface area contributed by atoms with Crippen LogP contribution in [0, 0.1) is 24.3 Å². The van der Waals surface area contributed by atoms with Crippen LogP contribution in [0.2, 0.25) is 0 Å². The van der Waals surface area contributed by atoms with Crippen LogP contribution in [0.5, 0.6) is 0 Å². The number of nitriles is 1. The Labute approximate surface area is 193 Å². The molecule has 2 aromatic rings. The van der Waals surface area contributed by atoms with Gasteiger partial charge in [0, 0.05) is 31.4 Å². The summed E-state index contributed by atoms with van der Waals surface area (Å²) < 4.78 is 4.93. The standard InChI is InChI=1S/C12H20N2O2.C9H7N5O.C2H2/c15-11-6-2-1-3-9-14(11)10-12(16)13-7-4-5-8-13;10-5-12-9(11)14-7-1-2-8-6(3-7)4-13-15-8;1-2/h1-10H2;1-4H,(H3,11,12,14);1-2H. The molecular weight excluding hydrogens is 422 g/mol. The van der Waals surface area contributed by atoms with Crippen molar-refractivity contribution in [2.45, 2.75) is 38.5 Å². The van der Waals surface area contributed by atoms with Gasteiger partial charge in [0.25, 0.3) is 0 Å². The summed E-state index contributed by atoms with van der Waals surface area (Å²) in [5.41, 5.74) is 6.72. The number of nitrogens with zero attached hydrogens (tertiary/aromatic N) is 5. The van der Waals surface area contributed by atoms with Crippen LogP contribution in [0.4, 0.5) is 5.69 Å². The Morgan fingerprint density at radius 2 is 1.94 bits per heavy atom. The highest BCUT2D eigenvalue weighted by atomic mass is 16.5. The summed E-state index contributed by atoms with van der Waals surface area (Å²) in [4.78, 5) is 31.2. The smallest absolute Gasteiger partial charge is 0.242 e. The molecule has 2 aliphatic rings. The van der Waals surface area contributed by atoms with Crippen molar-refractivity contribution in [2.24, 2.45) is 10.7 Å². The van der Waals surface area contributed by atoms with Crippen molar-refractivity contribution in [2.75, 3.05) is 26.2 Å². The first kappa shape index (κ1) is 25.2. The molecule has 33 heavy (non-hydrogen) atoms. The number of hydrogen-bond donors (Lipinski definition) is 2. The second kappa shape index (κ2) is 13.4. The van der Waals surface area contributed by atoms with E-state index in [9.17, 15) is 9.59 Å². The molecular formula is C23H29N7O3. The van der Waals surface area contributed by atoms with E-state index in [1.54, 1.807) is 35.5 Å². The van der Waals surface area contributed by atoms with Crippen LogP contribution >= 0.6 is 0 Å². The lowest BCUT2D eigenvalue weighted by Gasteiger charge is -2.23. The van der Waals surface area contributed by atoms with E-state index in [1.165, 1.54) is 0 Å². The Morgan fingerprint density at radius 3 is 2.67 bits per heavy atom. The number of fused-ring (bicyclic) bond motifs is 1. The summed E-state index contributed by atoms with van der Waals surface area (Å²) in [6.07, 6.45) is 17.2. The van der Waals surface area contributed by atoms with E-state index in [1.807, 2.05) is 4.90 Å². The molecule has 0 radical (unpaired) electrons. The monoisotopic (exact) mass is 451 g/mol. The van der Waals surface area contributed by atoms with Crippen molar-refractivity contribution in [3.05, 3.63) is 24.4 Å². The highest BCUT2D eigenvalue weighted by molar-refractivity contribution is 5.86. The molecule has 174 valence electrons. The molecule has 2 fully saturated rings. The van der Waals surface area contributed by atoms with Crippen molar-refractivity contribution in [3.8, 4) is 19.0 Å². The molecule has 0 aliphatic carbocycles. The molecule has 4 rings (SSSR count). The number of guanidine groups is 1. The van der Waals surface area contributed by atoms with E-state index in [0.29, 0.717) is 24.2 Å². The van der Waals surface area contributed by atoms with Gasteiger partial charge in [0.05, 0.1) is 18.4 Å². The van der Waals surface area contributed by atoms with Crippen molar-refractivity contribution in [3.63, 3.8) is 0 Å². The van der Waals surface area contributed by atoms with Crippen molar-refractivity contribution in [1.82, 2.24) is 20.3 Å². The van der Waals surface area contributed by atoms with Crippen LogP contribution in [-0.2, 0) is 9.59 Å². The van der Waals surface area contributed by atoms with Crippen LogP contribution in [0.15, 0.2) is 33.9 Å². The lowest BCUT2D eigenvalue weighted by atomic mass is 10.2. The topological polar surface area (TPSA) is 141 Å². The quantitative estimate of drug-likeness (QED) is 0.239. The molecule has 3 heterocycles. The summed E-state index contributed by atoms with van der Waals surface area (Å²) in [5, 5.41) is 15.0. The van der Waals surface area contributed by atoms with E-state index in [2.05, 4.69) is 28.3 Å². The van der Waals surface area contributed by atoms with Crippen LogP contribution in [0.3, 0.4) is 0 Å². The number of aromatic nitrogens is 1. The van der Waals surface area contributed by atoms with E-state index >= 15 is 0 Å². The minimum Gasteiger partial charge on any atom is -0.369 e. The first-order valence-corrected chi connectivity index (χ1v) is 10.8. The number of amides is 2. The van der Waals surface area contributed by atoms with Gasteiger partial charge in [-0.2, -0.15) is 5.26 Å². The molecule has 3 N–H and O–H groups in total. The summed E-state index contributed by atoms with van der Waals surface area (Å²) in [6.45, 7) is 2.82. The summed E-state index contributed by atoms with van der Waals surface area (Å²) in [6, 6.07) is 5.22. The largest absolute Gasteiger partial charge is 0.369 e. The number of likely N-dealkylation sites (tertiary alicyclic amines) is 2. The average molecular weight is 452 g/mol. The minimum absolute atomic E-state index is 0.0494. The first-order valence-electron chi connectivity index (χ1n) is 10.8. The van der Waals surface area contributed by atoms with Gasteiger partial charge in [-0.3, -0.25) is 14.9 Å². The molecule has 1 aromatic heterocycles. The van der Waals surface area contributed by atoms with Crippen LogP contribution < -0.4 is 11.1 Å². The number of rotatable bonds is 3. The van der Waals surface area contributed by atoms with Gasteiger partial charge in [-0.25, -0.2) is 4.99 Å². The summed E-state index contributed by atoms with van der Waals surface area (Å²) in [7, 11) is 0. The molecule has 0 saturated carbocycles. The van der Waals surface area contributed by atoms with Crippen molar-refractivity contribution in [1.29, 1.82) is 5.26 Å². The third-order valence-corrected chi connectivity index (χ3v) is 5.23. The van der Waals surface area contributed by atoms with E-state index in [-0.39, 0.29) is 17.8 Å². The van der Waals surface area contributed by atoms with Gasteiger partial charge >= 0.3 is 0 Å². The zero-order valence-electron chi connectivity index (χ0n) is 18.6. The number of carbonyl (C=O) groups is 2. The van der Waals surface area contributed by atoms with E-state index in [4.69, 9.17) is 15.5 Å². The number of hydrogen-bond acceptors (Lipinski definition) is 6. The van der Waals surface area contributed by atoms with E-state index < -0.39 is 0 Å². The maximum absolute atomic E-state index is 11.9. The van der Waals surface area contributed by atoms with Gasteiger partial charge in [0.2, 0.25) is 17.8 Å². The van der Waals surface area contributed by atoms with Gasteiger partial charge in [0.1, 0.15) is 0 Å². The normalized spacial score (nSPS) is 16.0. The predicted octanol–water partition coefficient (Wildman–Crippen LogP) is 2.11. The van der Waals surface area contributed by atoms with Crippen LogP contribution in [0.25, 0.3) is 11.0 Å². The van der Waals surface area contributed by atoms with Gasteiger partial charge < -0.3 is 20.1 Å². The number of terminal acetylenes is 1. The van der Waals surface area contributed by atoms with Gasteiger partial charge in [-0.15, -0.1) is 12.8 Å². The number of nitrogens with one attached hydrogen (secondary N) is 1. The Balaban J connectivity index is 0.000000218. The lowest BCUT2D eigenvalue weighted by Crippen LogP contribution is -2.41. The molecule has 2 saturated heterocycles. The molecule has 1 aromatic carbocycles. The van der Waals surface area contributed by atoms with Crippen molar-refractivity contribution >= 4 is 34.4 Å². The summed E-state index contributed by atoms with van der Waals surface area (Å²) >= 11 is 0. The molecule has 0 atom stereocenters. The predicted molar refractivity (Wildman–Crippen MR) is 125 cm³/mol. The molecule has 0 spiro atoms. The molecule has 10 heteroatoms. The summed E-state index contributed by atoms with van der Waals surface area (Å²) in [5.74, 6) is 0.339.